The lowest BCUT2D eigenvalue weighted by molar-refractivity contribution is 0.0186. The Morgan fingerprint density at radius 3 is 2.96 bits per heavy atom. The number of likely N-dealkylation sites (tertiary alicyclic amines) is 1. The van der Waals surface area contributed by atoms with Crippen LogP contribution in [0.4, 0.5) is 0 Å². The summed E-state index contributed by atoms with van der Waals surface area (Å²) in [6.07, 6.45) is 6.85. The van der Waals surface area contributed by atoms with Gasteiger partial charge in [0.25, 0.3) is 5.91 Å². The summed E-state index contributed by atoms with van der Waals surface area (Å²) in [6.45, 7) is 4.37. The maximum Gasteiger partial charge on any atom is 0.292 e. The first-order chi connectivity index (χ1) is 11.1. The number of carbonyl (C=O) groups excluding carboxylic acids is 1. The van der Waals surface area contributed by atoms with Crippen LogP contribution < -0.4 is 0 Å². The molecule has 0 radical (unpaired) electrons. The van der Waals surface area contributed by atoms with Gasteiger partial charge in [0.1, 0.15) is 0 Å². The van der Waals surface area contributed by atoms with E-state index in [4.69, 9.17) is 9.26 Å². The van der Waals surface area contributed by atoms with Gasteiger partial charge in [-0.15, -0.1) is 11.8 Å². The molecule has 1 saturated carbocycles. The zero-order valence-electron chi connectivity index (χ0n) is 13.6. The number of thioether (sulfide) groups is 1. The zero-order chi connectivity index (χ0) is 15.9. The summed E-state index contributed by atoms with van der Waals surface area (Å²) in [7, 11) is 0. The molecule has 1 spiro atoms. The fourth-order valence-corrected chi connectivity index (χ4v) is 5.54. The van der Waals surface area contributed by atoms with Crippen molar-refractivity contribution >= 4 is 17.7 Å². The Kier molecular flexibility index (Phi) is 4.13. The molecule has 5 nitrogen and oxygen atoms in total. The first kappa shape index (κ1) is 15.5. The van der Waals surface area contributed by atoms with Crippen molar-refractivity contribution in [2.75, 3.05) is 25.4 Å². The molecule has 1 amide bonds. The average Bonchev–Trinajstić information content (AvgIpc) is 3.23. The highest BCUT2D eigenvalue weighted by Gasteiger charge is 2.51. The summed E-state index contributed by atoms with van der Waals surface area (Å²) in [6, 6.07) is 1.71. The molecule has 2 saturated heterocycles. The van der Waals surface area contributed by atoms with Gasteiger partial charge >= 0.3 is 0 Å². The summed E-state index contributed by atoms with van der Waals surface area (Å²) in [4.78, 5) is 14.2. The number of rotatable bonds is 4. The molecule has 1 aromatic rings. The van der Waals surface area contributed by atoms with Crippen LogP contribution >= 0.6 is 11.8 Å². The molecule has 3 heterocycles. The third-order valence-electron chi connectivity index (χ3n) is 5.30. The standard InChI is InChI=1S/C17H24N2O3S/c1-12-6-15(22-18-12)16(20)19-10-17(11-19)7-14(9-23-17)21-8-13-4-2-3-5-13/h6,13-14H,2-5,7-11H2,1H3/t14-/m1/s1. The van der Waals surface area contributed by atoms with Crippen LogP contribution in [-0.4, -0.2) is 52.3 Å². The molecule has 4 rings (SSSR count). The number of ether oxygens (including phenoxy) is 1. The van der Waals surface area contributed by atoms with Gasteiger partial charge in [-0.3, -0.25) is 4.79 Å². The molecule has 1 aliphatic carbocycles. The lowest BCUT2D eigenvalue weighted by Crippen LogP contribution is -2.60. The van der Waals surface area contributed by atoms with E-state index in [9.17, 15) is 4.79 Å². The van der Waals surface area contributed by atoms with Crippen molar-refractivity contribution in [3.63, 3.8) is 0 Å². The van der Waals surface area contributed by atoms with Crippen LogP contribution in [-0.2, 0) is 4.74 Å². The number of carbonyl (C=O) groups is 1. The Labute approximate surface area is 141 Å². The largest absolute Gasteiger partial charge is 0.377 e. The minimum atomic E-state index is -0.0350. The van der Waals surface area contributed by atoms with Gasteiger partial charge in [-0.2, -0.15) is 0 Å². The van der Waals surface area contributed by atoms with Crippen LogP contribution in [0.1, 0.15) is 48.4 Å². The van der Waals surface area contributed by atoms with Gasteiger partial charge in [0.2, 0.25) is 5.76 Å². The predicted molar refractivity (Wildman–Crippen MR) is 88.6 cm³/mol. The number of aryl methyl sites for hydroxylation is 1. The van der Waals surface area contributed by atoms with Crippen molar-refractivity contribution in [1.29, 1.82) is 0 Å². The maximum atomic E-state index is 12.3. The molecule has 126 valence electrons. The second-order valence-corrected chi connectivity index (χ2v) is 8.79. The van der Waals surface area contributed by atoms with Gasteiger partial charge in [-0.05, 0) is 32.1 Å². The van der Waals surface area contributed by atoms with Gasteiger partial charge in [0, 0.05) is 31.5 Å². The molecule has 1 atom stereocenters. The van der Waals surface area contributed by atoms with E-state index in [1.807, 2.05) is 23.6 Å². The number of hydrogen-bond acceptors (Lipinski definition) is 5. The van der Waals surface area contributed by atoms with Crippen molar-refractivity contribution in [3.05, 3.63) is 17.5 Å². The van der Waals surface area contributed by atoms with Gasteiger partial charge in [-0.25, -0.2) is 0 Å². The molecule has 0 bridgehead atoms. The Bertz CT molecular complexity index is 576. The quantitative estimate of drug-likeness (QED) is 0.846. The Morgan fingerprint density at radius 1 is 1.48 bits per heavy atom. The minimum Gasteiger partial charge on any atom is -0.377 e. The summed E-state index contributed by atoms with van der Waals surface area (Å²) in [5.74, 6) is 2.17. The fraction of sp³-hybridized carbons (Fsp3) is 0.765. The van der Waals surface area contributed by atoms with E-state index < -0.39 is 0 Å². The van der Waals surface area contributed by atoms with Crippen molar-refractivity contribution < 1.29 is 14.1 Å². The lowest BCUT2D eigenvalue weighted by atomic mass is 9.92. The smallest absolute Gasteiger partial charge is 0.292 e. The predicted octanol–water partition coefficient (Wildman–Crippen LogP) is 2.89. The van der Waals surface area contributed by atoms with E-state index in [0.717, 1.165) is 43.5 Å². The topological polar surface area (TPSA) is 55.6 Å². The van der Waals surface area contributed by atoms with E-state index in [-0.39, 0.29) is 10.7 Å². The second-order valence-electron chi connectivity index (χ2n) is 7.30. The van der Waals surface area contributed by atoms with Crippen LogP contribution in [0.3, 0.4) is 0 Å². The molecule has 0 unspecified atom stereocenters. The van der Waals surface area contributed by atoms with E-state index in [0.29, 0.717) is 11.9 Å². The van der Waals surface area contributed by atoms with Crippen LogP contribution in [0.15, 0.2) is 10.6 Å². The molecule has 1 aromatic heterocycles. The molecule has 3 aliphatic rings. The highest BCUT2D eigenvalue weighted by atomic mass is 32.2. The normalized spacial score (nSPS) is 26.8. The first-order valence-electron chi connectivity index (χ1n) is 8.62. The summed E-state index contributed by atoms with van der Waals surface area (Å²) in [5, 5.41) is 3.79. The third-order valence-corrected chi connectivity index (χ3v) is 6.88. The van der Waals surface area contributed by atoms with Crippen LogP contribution in [0.5, 0.6) is 0 Å². The molecule has 2 aliphatic heterocycles. The zero-order valence-corrected chi connectivity index (χ0v) is 14.4. The van der Waals surface area contributed by atoms with Gasteiger partial charge in [0.15, 0.2) is 0 Å². The number of hydrogen-bond donors (Lipinski definition) is 0. The van der Waals surface area contributed by atoms with Crippen molar-refractivity contribution in [2.24, 2.45) is 5.92 Å². The van der Waals surface area contributed by atoms with Crippen LogP contribution in [0.25, 0.3) is 0 Å². The molecule has 0 aromatic carbocycles. The number of aromatic nitrogens is 1. The molecular formula is C17H24N2O3S. The summed E-state index contributed by atoms with van der Waals surface area (Å²) >= 11 is 1.98. The molecule has 0 N–H and O–H groups in total. The highest BCUT2D eigenvalue weighted by molar-refractivity contribution is 8.01. The van der Waals surface area contributed by atoms with Gasteiger partial charge in [-0.1, -0.05) is 18.0 Å². The van der Waals surface area contributed by atoms with Crippen LogP contribution in [0.2, 0.25) is 0 Å². The third kappa shape index (κ3) is 3.15. The van der Waals surface area contributed by atoms with E-state index >= 15 is 0 Å². The molecule has 6 heteroatoms. The fourth-order valence-electron chi connectivity index (χ4n) is 3.99. The van der Waals surface area contributed by atoms with Crippen molar-refractivity contribution in [1.82, 2.24) is 10.1 Å². The molecule has 3 fully saturated rings. The highest BCUT2D eigenvalue weighted by Crippen LogP contribution is 2.46. The molecule has 23 heavy (non-hydrogen) atoms. The average molecular weight is 336 g/mol. The lowest BCUT2D eigenvalue weighted by Gasteiger charge is -2.47. The van der Waals surface area contributed by atoms with Gasteiger partial charge < -0.3 is 14.2 Å². The van der Waals surface area contributed by atoms with E-state index in [2.05, 4.69) is 5.16 Å². The SMILES string of the molecule is Cc1cc(C(=O)N2CC3(C[C@@H](OCC4CCCC4)CS3)C2)on1. The van der Waals surface area contributed by atoms with Crippen molar-refractivity contribution in [3.8, 4) is 0 Å². The van der Waals surface area contributed by atoms with E-state index in [1.54, 1.807) is 6.07 Å². The van der Waals surface area contributed by atoms with Gasteiger partial charge in [0.05, 0.1) is 16.5 Å². The summed E-state index contributed by atoms with van der Waals surface area (Å²) in [5.41, 5.74) is 0.749. The minimum absolute atomic E-state index is 0.0350. The summed E-state index contributed by atoms with van der Waals surface area (Å²) < 4.78 is 11.4. The maximum absolute atomic E-state index is 12.3. The monoisotopic (exact) mass is 336 g/mol. The Balaban J connectivity index is 1.25. The number of amides is 1. The Morgan fingerprint density at radius 2 is 2.26 bits per heavy atom. The molecular weight excluding hydrogens is 312 g/mol. The first-order valence-corrected chi connectivity index (χ1v) is 9.60. The Hall–Kier alpha value is -1.01. The van der Waals surface area contributed by atoms with Crippen molar-refractivity contribution in [2.45, 2.75) is 49.9 Å². The van der Waals surface area contributed by atoms with Crippen LogP contribution in [0, 0.1) is 12.8 Å². The number of nitrogens with zero attached hydrogens (tertiary/aromatic N) is 2. The second kappa shape index (κ2) is 6.13. The van der Waals surface area contributed by atoms with E-state index in [1.165, 1.54) is 25.7 Å².